The summed E-state index contributed by atoms with van der Waals surface area (Å²) in [6, 6.07) is 13.0. The van der Waals surface area contributed by atoms with Gasteiger partial charge >= 0.3 is 0 Å². The number of allylic oxidation sites excluding steroid dienone is 2. The fraction of sp³-hybridized carbons (Fsp3) is 0.333. The van der Waals surface area contributed by atoms with Gasteiger partial charge in [0.15, 0.2) is 11.7 Å². The second-order valence-electron chi connectivity index (χ2n) is 10.3. The van der Waals surface area contributed by atoms with Crippen molar-refractivity contribution in [2.75, 3.05) is 60.7 Å². The minimum absolute atomic E-state index is 0.576. The normalized spacial score (nSPS) is 19.7. The smallest absolute Gasteiger partial charge is 0.241 e. The van der Waals surface area contributed by atoms with Crippen molar-refractivity contribution in [2.24, 2.45) is 20.0 Å². The number of rotatable bonds is 6. The van der Waals surface area contributed by atoms with Gasteiger partial charge in [-0.3, -0.25) is 0 Å². The maximum atomic E-state index is 4.97. The molecule has 0 atom stereocenters. The van der Waals surface area contributed by atoms with Crippen LogP contribution in [0.2, 0.25) is 0 Å². The van der Waals surface area contributed by atoms with Crippen LogP contribution in [0, 0.1) is 0 Å². The lowest BCUT2D eigenvalue weighted by Crippen LogP contribution is -2.41. The van der Waals surface area contributed by atoms with Crippen molar-refractivity contribution in [1.29, 1.82) is 0 Å². The predicted molar refractivity (Wildman–Crippen MR) is 162 cm³/mol. The highest BCUT2D eigenvalue weighted by molar-refractivity contribution is 6.26. The highest BCUT2D eigenvalue weighted by Crippen LogP contribution is 2.32. The largest absolute Gasteiger partial charge is 0.387 e. The number of amidine groups is 3. The SMILES string of the molecule is CNc1cc(N2CCCC2)ccc1C1=NC2=CC=CC3=NC(c4ccc(N5CCCC5)cc4NC)=NC(=N1)N23. The van der Waals surface area contributed by atoms with Gasteiger partial charge in [0.2, 0.25) is 5.96 Å². The number of benzene rings is 2. The van der Waals surface area contributed by atoms with E-state index in [9.17, 15) is 0 Å². The molecular weight excluding hydrogens is 486 g/mol. The van der Waals surface area contributed by atoms with Gasteiger partial charge in [0, 0.05) is 74.2 Å². The molecule has 39 heavy (non-hydrogen) atoms. The molecule has 0 saturated carbocycles. The van der Waals surface area contributed by atoms with E-state index in [2.05, 4.69) is 56.8 Å². The van der Waals surface area contributed by atoms with Crippen LogP contribution in [-0.4, -0.2) is 68.6 Å². The molecule has 5 heterocycles. The second kappa shape index (κ2) is 9.72. The summed E-state index contributed by atoms with van der Waals surface area (Å²) < 4.78 is 0. The number of anilines is 4. The Morgan fingerprint density at radius 1 is 0.667 bits per heavy atom. The lowest BCUT2D eigenvalue weighted by atomic mass is 10.1. The molecule has 2 N–H and O–H groups in total. The molecule has 9 heteroatoms. The Morgan fingerprint density at radius 3 is 1.79 bits per heavy atom. The molecule has 2 fully saturated rings. The van der Waals surface area contributed by atoms with E-state index in [1.807, 2.05) is 37.2 Å². The zero-order chi connectivity index (χ0) is 26.3. The first-order chi connectivity index (χ1) is 19.2. The quantitative estimate of drug-likeness (QED) is 0.580. The van der Waals surface area contributed by atoms with Gasteiger partial charge in [-0.05, 0) is 74.2 Å². The molecule has 0 aliphatic carbocycles. The maximum Gasteiger partial charge on any atom is 0.241 e. The third-order valence-electron chi connectivity index (χ3n) is 7.97. The van der Waals surface area contributed by atoms with Crippen LogP contribution in [0.4, 0.5) is 22.7 Å². The summed E-state index contributed by atoms with van der Waals surface area (Å²) in [6.45, 7) is 4.42. The first-order valence-electron chi connectivity index (χ1n) is 13.9. The Kier molecular flexibility index (Phi) is 5.91. The minimum atomic E-state index is 0.576. The first-order valence-corrected chi connectivity index (χ1v) is 13.9. The van der Waals surface area contributed by atoms with Crippen molar-refractivity contribution < 1.29 is 0 Å². The summed E-state index contributed by atoms with van der Waals surface area (Å²) in [7, 11) is 3.90. The molecule has 2 aromatic rings. The van der Waals surface area contributed by atoms with Gasteiger partial charge in [0.25, 0.3) is 0 Å². The van der Waals surface area contributed by atoms with Crippen molar-refractivity contribution in [3.8, 4) is 0 Å². The third kappa shape index (κ3) is 4.18. The zero-order valence-corrected chi connectivity index (χ0v) is 22.5. The molecule has 9 nitrogen and oxygen atoms in total. The highest BCUT2D eigenvalue weighted by Gasteiger charge is 2.32. The van der Waals surface area contributed by atoms with Gasteiger partial charge in [-0.2, -0.15) is 9.98 Å². The number of guanidine groups is 1. The molecule has 7 rings (SSSR count). The lowest BCUT2D eigenvalue weighted by Gasteiger charge is -2.32. The van der Waals surface area contributed by atoms with Crippen LogP contribution >= 0.6 is 0 Å². The molecule has 198 valence electrons. The van der Waals surface area contributed by atoms with Gasteiger partial charge in [0.05, 0.1) is 0 Å². The number of nitrogens with one attached hydrogen (secondary N) is 2. The summed E-state index contributed by atoms with van der Waals surface area (Å²) in [4.78, 5) is 26.6. The van der Waals surface area contributed by atoms with E-state index in [4.69, 9.17) is 20.0 Å². The monoisotopic (exact) mass is 519 g/mol. The van der Waals surface area contributed by atoms with Crippen LogP contribution in [0.3, 0.4) is 0 Å². The van der Waals surface area contributed by atoms with Crippen LogP contribution in [0.1, 0.15) is 36.8 Å². The topological polar surface area (TPSA) is 83.2 Å². The Hall–Kier alpha value is -4.40. The molecule has 0 bridgehead atoms. The maximum absolute atomic E-state index is 4.97. The van der Waals surface area contributed by atoms with Crippen LogP contribution in [0.15, 0.2) is 80.4 Å². The van der Waals surface area contributed by atoms with Crippen molar-refractivity contribution >= 4 is 46.2 Å². The molecule has 0 amide bonds. The van der Waals surface area contributed by atoms with Crippen LogP contribution in [0.25, 0.3) is 0 Å². The van der Waals surface area contributed by atoms with Crippen molar-refractivity contribution in [3.05, 3.63) is 71.6 Å². The average Bonchev–Trinajstić information content (AvgIpc) is 3.72. The fourth-order valence-electron chi connectivity index (χ4n) is 5.90. The minimum Gasteiger partial charge on any atom is -0.387 e. The van der Waals surface area contributed by atoms with E-state index in [0.29, 0.717) is 17.6 Å². The van der Waals surface area contributed by atoms with Crippen molar-refractivity contribution in [1.82, 2.24) is 4.90 Å². The predicted octanol–water partition coefficient (Wildman–Crippen LogP) is 4.66. The molecule has 0 unspecified atom stereocenters. The summed E-state index contributed by atoms with van der Waals surface area (Å²) >= 11 is 0. The first kappa shape index (κ1) is 23.7. The average molecular weight is 520 g/mol. The van der Waals surface area contributed by atoms with Gasteiger partial charge < -0.3 is 20.4 Å². The molecule has 5 aliphatic rings. The molecule has 0 aromatic heterocycles. The van der Waals surface area contributed by atoms with Gasteiger partial charge in [-0.25, -0.2) is 14.9 Å². The number of hydrogen-bond acceptors (Lipinski definition) is 9. The van der Waals surface area contributed by atoms with Gasteiger partial charge in [-0.15, -0.1) is 0 Å². The second-order valence-corrected chi connectivity index (χ2v) is 10.3. The number of aliphatic imine (C=N–C) groups is 4. The molecular formula is C30H33N9. The molecule has 2 saturated heterocycles. The molecule has 5 aliphatic heterocycles. The van der Waals surface area contributed by atoms with Gasteiger partial charge in [-0.1, -0.05) is 6.08 Å². The summed E-state index contributed by atoms with van der Waals surface area (Å²) in [5.74, 6) is 3.39. The fourth-order valence-corrected chi connectivity index (χ4v) is 5.90. The van der Waals surface area contributed by atoms with E-state index < -0.39 is 0 Å². The highest BCUT2D eigenvalue weighted by atomic mass is 15.4. The Bertz CT molecular complexity index is 1430. The van der Waals surface area contributed by atoms with Crippen LogP contribution < -0.4 is 20.4 Å². The number of hydrogen-bond donors (Lipinski definition) is 2. The standard InChI is InChI=1S/C30H33N9/c1-31-24-18-20(37-14-3-4-15-37)10-12-22(24)28-33-26-8-7-9-27-34-29(36-30(35-28)39(26)27)23-13-11-21(19-25(23)32-2)38-16-5-6-17-38/h7-13,18-19,31-32H,3-6,14-17H2,1-2H3. The van der Waals surface area contributed by atoms with Crippen molar-refractivity contribution in [3.63, 3.8) is 0 Å². The summed E-state index contributed by atoms with van der Waals surface area (Å²) in [5, 5.41) is 6.73. The van der Waals surface area contributed by atoms with E-state index >= 15 is 0 Å². The van der Waals surface area contributed by atoms with Crippen LogP contribution in [-0.2, 0) is 0 Å². The summed E-state index contributed by atoms with van der Waals surface area (Å²) in [6.07, 6.45) is 10.9. The zero-order valence-electron chi connectivity index (χ0n) is 22.5. The van der Waals surface area contributed by atoms with Crippen LogP contribution in [0.5, 0.6) is 0 Å². The number of nitrogens with zero attached hydrogens (tertiary/aromatic N) is 7. The van der Waals surface area contributed by atoms with E-state index in [1.165, 1.54) is 37.1 Å². The Balaban J connectivity index is 1.28. The van der Waals surface area contributed by atoms with Gasteiger partial charge in [0.1, 0.15) is 11.7 Å². The Labute approximate surface area is 229 Å². The summed E-state index contributed by atoms with van der Waals surface area (Å²) in [5.41, 5.74) is 6.38. The molecule has 2 aromatic carbocycles. The third-order valence-corrected chi connectivity index (χ3v) is 7.97. The van der Waals surface area contributed by atoms with E-state index in [1.54, 1.807) is 0 Å². The lowest BCUT2D eigenvalue weighted by molar-refractivity contribution is 0.711. The molecule has 0 radical (unpaired) electrons. The van der Waals surface area contributed by atoms with E-state index in [-0.39, 0.29) is 0 Å². The Morgan fingerprint density at radius 2 is 1.23 bits per heavy atom. The van der Waals surface area contributed by atoms with E-state index in [0.717, 1.165) is 60.3 Å². The molecule has 0 spiro atoms. The van der Waals surface area contributed by atoms with Crippen molar-refractivity contribution in [2.45, 2.75) is 25.7 Å².